The molecule has 1 atom stereocenters. The van der Waals surface area contributed by atoms with E-state index >= 15 is 0 Å². The number of benzene rings is 3. The van der Waals surface area contributed by atoms with Crippen LogP contribution in [0.3, 0.4) is 0 Å². The second-order valence-corrected chi connectivity index (χ2v) is 8.05. The topological polar surface area (TPSA) is 86.6 Å². The van der Waals surface area contributed by atoms with Crippen LogP contribution in [-0.2, 0) is 16.0 Å². The number of hydrogen-bond donors (Lipinski definition) is 3. The van der Waals surface area contributed by atoms with E-state index in [9.17, 15) is 19.1 Å². The van der Waals surface area contributed by atoms with Gasteiger partial charge in [0.1, 0.15) is 18.0 Å². The summed E-state index contributed by atoms with van der Waals surface area (Å²) in [6.45, 7) is 5.85. The first-order chi connectivity index (χ1) is 15.1. The van der Waals surface area contributed by atoms with Crippen molar-refractivity contribution in [3.8, 4) is 5.75 Å². The summed E-state index contributed by atoms with van der Waals surface area (Å²) in [5.74, 6) is -1.96. The van der Waals surface area contributed by atoms with Gasteiger partial charge in [0.05, 0.1) is 0 Å². The lowest BCUT2D eigenvalue weighted by molar-refractivity contribution is -0.139. The molecule has 0 fully saturated rings. The van der Waals surface area contributed by atoms with E-state index in [-0.39, 0.29) is 17.5 Å². The van der Waals surface area contributed by atoms with Gasteiger partial charge in [-0.2, -0.15) is 0 Å². The number of halogens is 1. The van der Waals surface area contributed by atoms with Gasteiger partial charge in [-0.25, -0.2) is 4.39 Å². The first-order valence-corrected chi connectivity index (χ1v) is 10.3. The first kappa shape index (κ1) is 23.0. The van der Waals surface area contributed by atoms with Crippen molar-refractivity contribution >= 4 is 17.6 Å². The van der Waals surface area contributed by atoms with Crippen LogP contribution in [-0.4, -0.2) is 22.1 Å². The highest BCUT2D eigenvalue weighted by Crippen LogP contribution is 2.33. The summed E-state index contributed by atoms with van der Waals surface area (Å²) in [6.07, 6.45) is 0.0484. The molecule has 3 rings (SSSR count). The maximum absolute atomic E-state index is 13.3. The first-order valence-electron chi connectivity index (χ1n) is 10.3. The number of rotatable bonds is 7. The number of aliphatic carboxylic acids is 1. The minimum absolute atomic E-state index is 0.107. The highest BCUT2D eigenvalue weighted by Gasteiger charge is 2.15. The van der Waals surface area contributed by atoms with E-state index in [0.29, 0.717) is 12.1 Å². The van der Waals surface area contributed by atoms with Crippen LogP contribution in [0, 0.1) is 19.7 Å². The van der Waals surface area contributed by atoms with Crippen LogP contribution in [0.4, 0.5) is 10.1 Å². The highest BCUT2D eigenvalue weighted by atomic mass is 19.1. The number of carboxylic acid groups (broad SMARTS) is 1. The molecule has 166 valence electrons. The van der Waals surface area contributed by atoms with Gasteiger partial charge in [-0.15, -0.1) is 0 Å². The molecule has 1 amide bonds. The average Bonchev–Trinajstić information content (AvgIpc) is 2.71. The Morgan fingerprint density at radius 2 is 1.62 bits per heavy atom. The number of phenolic OH excluding ortho intramolecular Hbond substituents is 1. The number of aryl methyl sites for hydroxylation is 2. The number of aromatic hydroxyl groups is 1. The van der Waals surface area contributed by atoms with Crippen LogP contribution in [0.5, 0.6) is 5.75 Å². The molecule has 3 aromatic rings. The van der Waals surface area contributed by atoms with Gasteiger partial charge < -0.3 is 15.5 Å². The normalized spacial score (nSPS) is 11.8. The second-order valence-electron chi connectivity index (χ2n) is 8.05. The Labute approximate surface area is 186 Å². The molecular formula is C26H26FNO4. The van der Waals surface area contributed by atoms with Gasteiger partial charge in [0.25, 0.3) is 0 Å². The molecule has 0 aliphatic carbocycles. The number of nitrogens with one attached hydrogen (secondary N) is 1. The lowest BCUT2D eigenvalue weighted by Gasteiger charge is -2.17. The quantitative estimate of drug-likeness (QED) is 0.439. The maximum Gasteiger partial charge on any atom is 0.312 e. The molecule has 0 aliphatic heterocycles. The Hall–Kier alpha value is -3.67. The molecule has 0 bridgehead atoms. The third kappa shape index (κ3) is 5.52. The molecule has 32 heavy (non-hydrogen) atoms. The zero-order chi connectivity index (χ0) is 23.4. The number of anilines is 1. The van der Waals surface area contributed by atoms with Crippen molar-refractivity contribution in [1.82, 2.24) is 0 Å². The largest absolute Gasteiger partial charge is 0.508 e. The minimum Gasteiger partial charge on any atom is -0.508 e. The van der Waals surface area contributed by atoms with Crippen LogP contribution < -0.4 is 5.32 Å². The van der Waals surface area contributed by atoms with E-state index in [4.69, 9.17) is 5.11 Å². The molecule has 0 aliphatic rings. The Kier molecular flexibility index (Phi) is 6.93. The van der Waals surface area contributed by atoms with Crippen molar-refractivity contribution in [3.05, 3.63) is 93.8 Å². The van der Waals surface area contributed by atoms with Crippen molar-refractivity contribution in [2.75, 3.05) is 5.32 Å². The molecule has 0 saturated heterocycles. The lowest BCUT2D eigenvalue weighted by Crippen LogP contribution is -2.16. The van der Waals surface area contributed by atoms with Crippen LogP contribution in [0.2, 0.25) is 0 Å². The van der Waals surface area contributed by atoms with Crippen molar-refractivity contribution in [2.24, 2.45) is 0 Å². The summed E-state index contributed by atoms with van der Waals surface area (Å²) in [5, 5.41) is 21.8. The van der Waals surface area contributed by atoms with E-state index in [1.807, 2.05) is 45.0 Å². The summed E-state index contributed by atoms with van der Waals surface area (Å²) in [7, 11) is 0. The van der Waals surface area contributed by atoms with Crippen LogP contribution in [0.1, 0.15) is 52.6 Å². The van der Waals surface area contributed by atoms with E-state index in [2.05, 4.69) is 5.32 Å². The molecule has 0 aromatic heterocycles. The number of phenols is 1. The third-order valence-electron chi connectivity index (χ3n) is 5.60. The molecule has 6 heteroatoms. The van der Waals surface area contributed by atoms with Crippen molar-refractivity contribution in [2.45, 2.75) is 39.5 Å². The highest BCUT2D eigenvalue weighted by molar-refractivity contribution is 6.01. The molecule has 0 radical (unpaired) electrons. The molecule has 0 heterocycles. The molecule has 0 saturated carbocycles. The second kappa shape index (κ2) is 9.64. The predicted octanol–water partition coefficient (Wildman–Crippen LogP) is 5.30. The van der Waals surface area contributed by atoms with E-state index in [0.717, 1.165) is 33.4 Å². The predicted molar refractivity (Wildman–Crippen MR) is 122 cm³/mol. The Bertz CT molecular complexity index is 1130. The van der Waals surface area contributed by atoms with Gasteiger partial charge in [-0.05, 0) is 78.4 Å². The fourth-order valence-electron chi connectivity index (χ4n) is 3.88. The fraction of sp³-hybridized carbons (Fsp3) is 0.231. The molecule has 0 spiro atoms. The Morgan fingerprint density at radius 3 is 2.22 bits per heavy atom. The van der Waals surface area contributed by atoms with Crippen LogP contribution in [0.15, 0.2) is 54.6 Å². The number of carbonyl (C=O) groups is 2. The molecule has 3 aromatic carbocycles. The molecular weight excluding hydrogens is 409 g/mol. The monoisotopic (exact) mass is 435 g/mol. The summed E-state index contributed by atoms with van der Waals surface area (Å²) in [6, 6.07) is 15.4. The summed E-state index contributed by atoms with van der Waals surface area (Å²) in [4.78, 5) is 22.5. The summed E-state index contributed by atoms with van der Waals surface area (Å²) < 4.78 is 13.3. The minimum atomic E-state index is -1.18. The number of carboxylic acids is 1. The lowest BCUT2D eigenvalue weighted by atomic mass is 9.89. The SMILES string of the molecule is Cc1cc(NC(=O)CC(=O)O)cc(C)c1Cc1ccc(O)c(C(C)c2ccc(F)cc2)c1. The summed E-state index contributed by atoms with van der Waals surface area (Å²) >= 11 is 0. The van der Waals surface area contributed by atoms with Gasteiger partial charge in [0.15, 0.2) is 0 Å². The molecule has 1 unspecified atom stereocenters. The third-order valence-corrected chi connectivity index (χ3v) is 5.60. The van der Waals surface area contributed by atoms with Crippen molar-refractivity contribution in [3.63, 3.8) is 0 Å². The fourth-order valence-corrected chi connectivity index (χ4v) is 3.88. The zero-order valence-corrected chi connectivity index (χ0v) is 18.3. The number of hydrogen-bond acceptors (Lipinski definition) is 3. The summed E-state index contributed by atoms with van der Waals surface area (Å²) in [5.41, 5.74) is 6.28. The van der Waals surface area contributed by atoms with Crippen LogP contribution in [0.25, 0.3) is 0 Å². The van der Waals surface area contributed by atoms with Gasteiger partial charge in [0, 0.05) is 17.2 Å². The Morgan fingerprint density at radius 1 is 1.00 bits per heavy atom. The van der Waals surface area contributed by atoms with E-state index in [1.165, 1.54) is 12.1 Å². The van der Waals surface area contributed by atoms with Crippen molar-refractivity contribution in [1.29, 1.82) is 0 Å². The van der Waals surface area contributed by atoms with Crippen LogP contribution >= 0.6 is 0 Å². The smallest absolute Gasteiger partial charge is 0.312 e. The standard InChI is InChI=1S/C26H26FNO4/c1-15-10-21(28-25(30)14-26(31)32)11-16(2)22(15)12-18-4-9-24(29)23(13-18)17(3)19-5-7-20(27)8-6-19/h4-11,13,17,29H,12,14H2,1-3H3,(H,28,30)(H,31,32). The average molecular weight is 435 g/mol. The van der Waals surface area contributed by atoms with Gasteiger partial charge in [0.2, 0.25) is 5.91 Å². The van der Waals surface area contributed by atoms with Gasteiger partial charge >= 0.3 is 5.97 Å². The Balaban J connectivity index is 1.84. The van der Waals surface area contributed by atoms with E-state index < -0.39 is 18.3 Å². The molecule has 5 nitrogen and oxygen atoms in total. The molecule has 3 N–H and O–H groups in total. The van der Waals surface area contributed by atoms with Gasteiger partial charge in [-0.1, -0.05) is 31.2 Å². The van der Waals surface area contributed by atoms with Gasteiger partial charge in [-0.3, -0.25) is 9.59 Å². The van der Waals surface area contributed by atoms with Crippen molar-refractivity contribution < 1.29 is 24.2 Å². The zero-order valence-electron chi connectivity index (χ0n) is 18.3. The number of carbonyl (C=O) groups excluding carboxylic acids is 1. The number of amides is 1. The van der Waals surface area contributed by atoms with E-state index in [1.54, 1.807) is 18.2 Å². The maximum atomic E-state index is 13.3.